The first-order valence-electron chi connectivity index (χ1n) is 9.36. The second-order valence-electron chi connectivity index (χ2n) is 6.82. The van der Waals surface area contributed by atoms with Gasteiger partial charge in [0.15, 0.2) is 5.13 Å². The van der Waals surface area contributed by atoms with Gasteiger partial charge in [0.25, 0.3) is 0 Å². The summed E-state index contributed by atoms with van der Waals surface area (Å²) >= 11 is 2.71. The highest BCUT2D eigenvalue weighted by molar-refractivity contribution is 8.00. The van der Waals surface area contributed by atoms with Crippen LogP contribution in [0.5, 0.6) is 0 Å². The van der Waals surface area contributed by atoms with Crippen LogP contribution in [0.15, 0.2) is 59.1 Å². The Bertz CT molecular complexity index is 1170. The summed E-state index contributed by atoms with van der Waals surface area (Å²) in [5.74, 6) is -0.149. The van der Waals surface area contributed by atoms with Crippen LogP contribution in [0, 0.1) is 13.8 Å². The van der Waals surface area contributed by atoms with Crippen LogP contribution in [-0.4, -0.2) is 36.3 Å². The average molecular weight is 437 g/mol. The van der Waals surface area contributed by atoms with Gasteiger partial charge < -0.3 is 5.32 Å². The summed E-state index contributed by atoms with van der Waals surface area (Å²) < 4.78 is 1.67. The second-order valence-corrected chi connectivity index (χ2v) is 8.98. The second kappa shape index (κ2) is 8.76. The maximum Gasteiger partial charge on any atom is 0.239 e. The number of hydrogen-bond acceptors (Lipinski definition) is 7. The summed E-state index contributed by atoms with van der Waals surface area (Å²) in [5, 5.41) is 17.6. The molecule has 0 saturated carbocycles. The molecule has 1 amide bonds. The Morgan fingerprint density at radius 2 is 1.97 bits per heavy atom. The van der Waals surface area contributed by atoms with E-state index in [1.807, 2.05) is 74.7 Å². The minimum absolute atomic E-state index is 0.149. The molecule has 4 rings (SSSR count). The number of aryl methyl sites for hydroxylation is 2. The molecular weight excluding hydrogens is 416 g/mol. The first-order chi connectivity index (χ1) is 14.5. The number of tetrazole rings is 1. The number of thioether (sulfide) groups is 1. The Hall–Kier alpha value is -3.04. The van der Waals surface area contributed by atoms with Crippen LogP contribution < -0.4 is 5.32 Å². The highest BCUT2D eigenvalue weighted by atomic mass is 32.2. The number of carbonyl (C=O) groups excluding carboxylic acids is 1. The lowest BCUT2D eigenvalue weighted by Gasteiger charge is -2.12. The molecule has 0 aliphatic rings. The third-order valence-electron chi connectivity index (χ3n) is 4.49. The normalized spacial score (nSPS) is 12.0. The number of nitrogens with zero attached hydrogens (tertiary/aromatic N) is 5. The lowest BCUT2D eigenvalue weighted by molar-refractivity contribution is -0.115. The lowest BCUT2D eigenvalue weighted by atomic mass is 10.1. The summed E-state index contributed by atoms with van der Waals surface area (Å²) in [6.45, 7) is 5.86. The Morgan fingerprint density at radius 3 is 2.77 bits per heavy atom. The molecule has 0 bridgehead atoms. The van der Waals surface area contributed by atoms with Gasteiger partial charge in [0.05, 0.1) is 16.6 Å². The largest absolute Gasteiger partial charge is 0.301 e. The van der Waals surface area contributed by atoms with Crippen LogP contribution in [0.3, 0.4) is 0 Å². The Labute approximate surface area is 182 Å². The molecule has 4 aromatic rings. The molecule has 0 spiro atoms. The standard InChI is InChI=1S/C21H20N6OS2/c1-13-9-10-14(2)18(11-13)27-21(24-25-26-27)30-15(3)19(28)23-20-22-17(12-29-20)16-7-5-4-6-8-16/h4-12,15H,1-3H3,(H,22,23,28). The minimum Gasteiger partial charge on any atom is -0.301 e. The molecular formula is C21H20N6OS2. The topological polar surface area (TPSA) is 85.6 Å². The van der Waals surface area contributed by atoms with Crippen molar-refractivity contribution in [2.75, 3.05) is 5.32 Å². The van der Waals surface area contributed by atoms with E-state index in [0.29, 0.717) is 10.3 Å². The average Bonchev–Trinajstić information content (AvgIpc) is 3.40. The predicted octanol–water partition coefficient (Wildman–Crippen LogP) is 4.52. The van der Waals surface area contributed by atoms with Crippen molar-refractivity contribution in [3.05, 3.63) is 65.0 Å². The van der Waals surface area contributed by atoms with E-state index in [4.69, 9.17) is 0 Å². The van der Waals surface area contributed by atoms with Gasteiger partial charge in [-0.05, 0) is 48.4 Å². The van der Waals surface area contributed by atoms with Gasteiger partial charge >= 0.3 is 0 Å². The van der Waals surface area contributed by atoms with Crippen LogP contribution in [0.4, 0.5) is 5.13 Å². The molecule has 30 heavy (non-hydrogen) atoms. The molecule has 1 unspecified atom stereocenters. The van der Waals surface area contributed by atoms with Crippen molar-refractivity contribution in [1.29, 1.82) is 0 Å². The number of hydrogen-bond donors (Lipinski definition) is 1. The summed E-state index contributed by atoms with van der Waals surface area (Å²) in [5.41, 5.74) is 4.94. The molecule has 7 nitrogen and oxygen atoms in total. The Balaban J connectivity index is 1.46. The highest BCUT2D eigenvalue weighted by Gasteiger charge is 2.21. The molecule has 0 fully saturated rings. The van der Waals surface area contributed by atoms with Gasteiger partial charge in [-0.25, -0.2) is 4.98 Å². The molecule has 9 heteroatoms. The van der Waals surface area contributed by atoms with E-state index in [-0.39, 0.29) is 5.91 Å². The Morgan fingerprint density at radius 1 is 1.17 bits per heavy atom. The highest BCUT2D eigenvalue weighted by Crippen LogP contribution is 2.28. The molecule has 1 atom stereocenters. The van der Waals surface area contributed by atoms with Gasteiger partial charge in [-0.15, -0.1) is 16.4 Å². The molecule has 2 aromatic heterocycles. The molecule has 1 N–H and O–H groups in total. The summed E-state index contributed by atoms with van der Waals surface area (Å²) in [7, 11) is 0. The molecule has 2 aromatic carbocycles. The van der Waals surface area contributed by atoms with Crippen molar-refractivity contribution in [2.45, 2.75) is 31.2 Å². The van der Waals surface area contributed by atoms with E-state index in [1.165, 1.54) is 23.1 Å². The van der Waals surface area contributed by atoms with Crippen LogP contribution in [0.1, 0.15) is 18.1 Å². The number of rotatable bonds is 6. The van der Waals surface area contributed by atoms with Crippen molar-refractivity contribution >= 4 is 34.1 Å². The number of aromatic nitrogens is 5. The van der Waals surface area contributed by atoms with E-state index in [1.54, 1.807) is 4.68 Å². The van der Waals surface area contributed by atoms with Gasteiger partial charge in [0, 0.05) is 10.9 Å². The number of anilines is 1. The number of carbonyl (C=O) groups is 1. The summed E-state index contributed by atoms with van der Waals surface area (Å²) in [6.07, 6.45) is 0. The fourth-order valence-corrected chi connectivity index (χ4v) is 4.37. The maximum atomic E-state index is 12.7. The van der Waals surface area contributed by atoms with Crippen molar-refractivity contribution < 1.29 is 4.79 Å². The smallest absolute Gasteiger partial charge is 0.239 e. The predicted molar refractivity (Wildman–Crippen MR) is 120 cm³/mol. The maximum absolute atomic E-state index is 12.7. The van der Waals surface area contributed by atoms with Gasteiger partial charge in [-0.3, -0.25) is 4.79 Å². The molecule has 0 aliphatic heterocycles. The molecule has 0 saturated heterocycles. The van der Waals surface area contributed by atoms with Crippen molar-refractivity contribution in [1.82, 2.24) is 25.2 Å². The fourth-order valence-electron chi connectivity index (χ4n) is 2.84. The van der Waals surface area contributed by atoms with Gasteiger partial charge in [-0.1, -0.05) is 54.2 Å². The van der Waals surface area contributed by atoms with E-state index in [0.717, 1.165) is 28.1 Å². The number of thiazole rings is 1. The molecule has 0 aliphatic carbocycles. The minimum atomic E-state index is -0.399. The number of amides is 1. The fraction of sp³-hybridized carbons (Fsp3) is 0.190. The first kappa shape index (κ1) is 20.2. The zero-order valence-corrected chi connectivity index (χ0v) is 18.4. The summed E-state index contributed by atoms with van der Waals surface area (Å²) in [6, 6.07) is 16.0. The molecule has 152 valence electrons. The van der Waals surface area contributed by atoms with Crippen LogP contribution in [0.25, 0.3) is 16.9 Å². The quantitative estimate of drug-likeness (QED) is 0.447. The van der Waals surface area contributed by atoms with Gasteiger partial charge in [0.1, 0.15) is 0 Å². The SMILES string of the molecule is Cc1ccc(C)c(-n2nnnc2SC(C)C(=O)Nc2nc(-c3ccccc3)cs2)c1. The number of benzene rings is 2. The van der Waals surface area contributed by atoms with E-state index in [2.05, 4.69) is 25.8 Å². The van der Waals surface area contributed by atoms with Gasteiger partial charge in [0.2, 0.25) is 11.1 Å². The van der Waals surface area contributed by atoms with E-state index in [9.17, 15) is 4.79 Å². The summed E-state index contributed by atoms with van der Waals surface area (Å²) in [4.78, 5) is 17.2. The van der Waals surface area contributed by atoms with Gasteiger partial charge in [-0.2, -0.15) is 4.68 Å². The number of nitrogens with one attached hydrogen (secondary N) is 1. The zero-order valence-electron chi connectivity index (χ0n) is 16.7. The monoisotopic (exact) mass is 436 g/mol. The van der Waals surface area contributed by atoms with Crippen molar-refractivity contribution in [3.63, 3.8) is 0 Å². The zero-order chi connectivity index (χ0) is 21.1. The van der Waals surface area contributed by atoms with Crippen LogP contribution in [0.2, 0.25) is 0 Å². The van der Waals surface area contributed by atoms with E-state index >= 15 is 0 Å². The van der Waals surface area contributed by atoms with E-state index < -0.39 is 5.25 Å². The molecule has 0 radical (unpaired) electrons. The Kier molecular flexibility index (Phi) is 5.91. The van der Waals surface area contributed by atoms with Crippen LogP contribution in [-0.2, 0) is 4.79 Å². The third kappa shape index (κ3) is 4.42. The van der Waals surface area contributed by atoms with Crippen LogP contribution >= 0.6 is 23.1 Å². The third-order valence-corrected chi connectivity index (χ3v) is 6.28. The molecule has 2 heterocycles. The van der Waals surface area contributed by atoms with Crippen molar-refractivity contribution in [2.24, 2.45) is 0 Å². The van der Waals surface area contributed by atoms with Crippen molar-refractivity contribution in [3.8, 4) is 16.9 Å². The lowest BCUT2D eigenvalue weighted by Crippen LogP contribution is -2.22. The first-order valence-corrected chi connectivity index (χ1v) is 11.1.